The van der Waals surface area contributed by atoms with Gasteiger partial charge in [-0.3, -0.25) is 4.79 Å². The van der Waals surface area contributed by atoms with Crippen molar-refractivity contribution in [2.75, 3.05) is 19.6 Å². The number of piperazine rings is 1. The molecule has 1 aliphatic heterocycles. The molecule has 2 fully saturated rings. The van der Waals surface area contributed by atoms with Gasteiger partial charge in [-0.25, -0.2) is 0 Å². The highest BCUT2D eigenvalue weighted by Gasteiger charge is 2.45. The fraction of sp³-hybridized carbons (Fsp3) is 0.588. The molecule has 1 saturated carbocycles. The molecule has 1 amide bonds. The highest BCUT2D eigenvalue weighted by atomic mass is 35.5. The number of thioether (sulfide) groups is 1. The minimum atomic E-state index is -0.224. The molecule has 1 aliphatic carbocycles. The molecule has 1 N–H and O–H groups in total. The van der Waals surface area contributed by atoms with Gasteiger partial charge in [0, 0.05) is 30.6 Å². The third kappa shape index (κ3) is 3.79. The van der Waals surface area contributed by atoms with Crippen molar-refractivity contribution in [3.63, 3.8) is 0 Å². The summed E-state index contributed by atoms with van der Waals surface area (Å²) in [4.78, 5) is 16.5. The summed E-state index contributed by atoms with van der Waals surface area (Å²) in [6.07, 6.45) is 4.38. The number of nitrogens with zero attached hydrogens (tertiary/aromatic N) is 1. The molecule has 5 heteroatoms. The van der Waals surface area contributed by atoms with E-state index in [0.29, 0.717) is 11.9 Å². The maximum atomic E-state index is 13.1. The molecule has 2 aliphatic rings. The van der Waals surface area contributed by atoms with Crippen LogP contribution in [0, 0.1) is 0 Å². The van der Waals surface area contributed by atoms with E-state index in [2.05, 4.69) is 41.4 Å². The number of carbonyl (C=O) groups excluding carboxylic acids is 1. The Bertz CT molecular complexity index is 491. The van der Waals surface area contributed by atoms with Crippen LogP contribution >= 0.6 is 24.2 Å². The molecular weight excluding hydrogens is 316 g/mol. The van der Waals surface area contributed by atoms with Crippen LogP contribution in [0.15, 0.2) is 35.2 Å². The molecule has 3 rings (SSSR count). The third-order valence-corrected chi connectivity index (χ3v) is 5.99. The molecule has 0 spiro atoms. The van der Waals surface area contributed by atoms with Crippen molar-refractivity contribution in [1.82, 2.24) is 10.2 Å². The number of nitrogens with one attached hydrogen (secondary N) is 1. The van der Waals surface area contributed by atoms with Gasteiger partial charge in [0.1, 0.15) is 0 Å². The highest BCUT2D eigenvalue weighted by Crippen LogP contribution is 2.46. The zero-order valence-electron chi connectivity index (χ0n) is 13.1. The quantitative estimate of drug-likeness (QED) is 0.916. The van der Waals surface area contributed by atoms with E-state index in [1.165, 1.54) is 17.7 Å². The van der Waals surface area contributed by atoms with Gasteiger partial charge in [0.15, 0.2) is 0 Å². The largest absolute Gasteiger partial charge is 0.339 e. The number of carbonyl (C=O) groups is 1. The number of hydrogen-bond donors (Lipinski definition) is 1. The molecule has 1 unspecified atom stereocenters. The monoisotopic (exact) mass is 340 g/mol. The molecule has 0 aromatic heterocycles. The first kappa shape index (κ1) is 17.6. The number of halogens is 1. The summed E-state index contributed by atoms with van der Waals surface area (Å²) in [5.41, 5.74) is 0. The van der Waals surface area contributed by atoms with Gasteiger partial charge in [-0.1, -0.05) is 31.0 Å². The molecule has 22 heavy (non-hydrogen) atoms. The van der Waals surface area contributed by atoms with Gasteiger partial charge in [0.25, 0.3) is 0 Å². The normalized spacial score (nSPS) is 23.9. The molecule has 1 atom stereocenters. The van der Waals surface area contributed by atoms with E-state index in [9.17, 15) is 4.79 Å². The molecule has 0 bridgehead atoms. The summed E-state index contributed by atoms with van der Waals surface area (Å²) in [5, 5.41) is 3.42. The lowest BCUT2D eigenvalue weighted by atomic mass is 10.0. The molecule has 122 valence electrons. The second kappa shape index (κ2) is 7.71. The smallest absolute Gasteiger partial charge is 0.239 e. The fourth-order valence-electron chi connectivity index (χ4n) is 3.42. The number of rotatable bonds is 3. The SMILES string of the molecule is CC1CN(C(=O)C2(Sc3ccccc3)CCCC2)CCN1.Cl. The molecule has 1 saturated heterocycles. The van der Waals surface area contributed by atoms with Gasteiger partial charge < -0.3 is 10.2 Å². The van der Waals surface area contributed by atoms with Crippen LogP contribution in [0.4, 0.5) is 0 Å². The summed E-state index contributed by atoms with van der Waals surface area (Å²) < 4.78 is -0.224. The van der Waals surface area contributed by atoms with Crippen LogP contribution in [0.25, 0.3) is 0 Å². The molecule has 1 heterocycles. The van der Waals surface area contributed by atoms with Gasteiger partial charge in [-0.15, -0.1) is 24.2 Å². The minimum Gasteiger partial charge on any atom is -0.339 e. The summed E-state index contributed by atoms with van der Waals surface area (Å²) >= 11 is 1.79. The predicted octanol–water partition coefficient (Wildman–Crippen LogP) is 3.33. The first-order chi connectivity index (χ1) is 10.2. The Morgan fingerprint density at radius 1 is 1.27 bits per heavy atom. The Morgan fingerprint density at radius 2 is 1.95 bits per heavy atom. The van der Waals surface area contributed by atoms with Crippen LogP contribution in [0.2, 0.25) is 0 Å². The lowest BCUT2D eigenvalue weighted by molar-refractivity contribution is -0.134. The van der Waals surface area contributed by atoms with E-state index in [0.717, 1.165) is 32.5 Å². The molecule has 3 nitrogen and oxygen atoms in total. The predicted molar refractivity (Wildman–Crippen MR) is 94.8 cm³/mol. The second-order valence-electron chi connectivity index (χ2n) is 6.22. The van der Waals surface area contributed by atoms with E-state index in [1.54, 1.807) is 11.8 Å². The van der Waals surface area contributed by atoms with Gasteiger partial charge in [0.05, 0.1) is 4.75 Å². The molecule has 0 radical (unpaired) electrons. The molecular formula is C17H25ClN2OS. The summed E-state index contributed by atoms with van der Waals surface area (Å²) in [6.45, 7) is 4.76. The van der Waals surface area contributed by atoms with Crippen LogP contribution in [0.3, 0.4) is 0 Å². The van der Waals surface area contributed by atoms with Crippen LogP contribution in [0.1, 0.15) is 32.6 Å². The average molecular weight is 341 g/mol. The Hall–Kier alpha value is -0.710. The van der Waals surface area contributed by atoms with E-state index < -0.39 is 0 Å². The van der Waals surface area contributed by atoms with Gasteiger partial charge in [-0.2, -0.15) is 0 Å². The van der Waals surface area contributed by atoms with Crippen molar-refractivity contribution in [1.29, 1.82) is 0 Å². The van der Waals surface area contributed by atoms with Crippen LogP contribution < -0.4 is 5.32 Å². The number of amides is 1. The van der Waals surface area contributed by atoms with Crippen molar-refractivity contribution < 1.29 is 4.79 Å². The van der Waals surface area contributed by atoms with Crippen LogP contribution in [0.5, 0.6) is 0 Å². The number of hydrogen-bond acceptors (Lipinski definition) is 3. The lowest BCUT2D eigenvalue weighted by Crippen LogP contribution is -2.56. The van der Waals surface area contributed by atoms with Gasteiger partial charge in [0.2, 0.25) is 5.91 Å². The van der Waals surface area contributed by atoms with Crippen molar-refractivity contribution >= 4 is 30.1 Å². The first-order valence-corrected chi connectivity index (χ1v) is 8.78. The Morgan fingerprint density at radius 3 is 2.59 bits per heavy atom. The standard InChI is InChI=1S/C17H24N2OS.ClH/c1-14-13-19(12-11-18-14)16(20)17(9-5-6-10-17)21-15-7-3-2-4-8-15;/h2-4,7-8,14,18H,5-6,9-13H2,1H3;1H. The highest BCUT2D eigenvalue weighted by molar-refractivity contribution is 8.01. The van der Waals surface area contributed by atoms with E-state index in [4.69, 9.17) is 0 Å². The fourth-order valence-corrected chi connectivity index (χ4v) is 4.88. The van der Waals surface area contributed by atoms with E-state index in [1.807, 2.05) is 6.07 Å². The second-order valence-corrected chi connectivity index (χ2v) is 7.68. The first-order valence-electron chi connectivity index (χ1n) is 7.96. The summed E-state index contributed by atoms with van der Waals surface area (Å²) in [5.74, 6) is 0.363. The zero-order valence-corrected chi connectivity index (χ0v) is 14.7. The zero-order chi connectivity index (χ0) is 14.7. The van der Waals surface area contributed by atoms with Crippen molar-refractivity contribution in [2.24, 2.45) is 0 Å². The van der Waals surface area contributed by atoms with Crippen molar-refractivity contribution in [3.05, 3.63) is 30.3 Å². The van der Waals surface area contributed by atoms with Crippen LogP contribution in [-0.4, -0.2) is 41.2 Å². The maximum Gasteiger partial charge on any atom is 0.239 e. The van der Waals surface area contributed by atoms with E-state index in [-0.39, 0.29) is 17.2 Å². The average Bonchev–Trinajstić information content (AvgIpc) is 2.97. The third-order valence-electron chi connectivity index (χ3n) is 4.51. The maximum absolute atomic E-state index is 13.1. The van der Waals surface area contributed by atoms with Gasteiger partial charge >= 0.3 is 0 Å². The van der Waals surface area contributed by atoms with Crippen molar-refractivity contribution in [3.8, 4) is 0 Å². The Balaban J connectivity index is 0.00000176. The Kier molecular flexibility index (Phi) is 6.18. The molecule has 1 aromatic carbocycles. The van der Waals surface area contributed by atoms with Crippen molar-refractivity contribution in [2.45, 2.75) is 48.3 Å². The summed E-state index contributed by atoms with van der Waals surface area (Å²) in [7, 11) is 0. The minimum absolute atomic E-state index is 0. The lowest BCUT2D eigenvalue weighted by Gasteiger charge is -2.38. The van der Waals surface area contributed by atoms with Crippen LogP contribution in [-0.2, 0) is 4.79 Å². The van der Waals surface area contributed by atoms with E-state index >= 15 is 0 Å². The Labute approximate surface area is 143 Å². The van der Waals surface area contributed by atoms with Gasteiger partial charge in [-0.05, 0) is 31.9 Å². The number of benzene rings is 1. The summed E-state index contributed by atoms with van der Waals surface area (Å²) in [6, 6.07) is 10.8. The topological polar surface area (TPSA) is 32.3 Å². The molecule has 1 aromatic rings.